The number of amides is 1. The number of anilines is 2. The number of fused-ring (bicyclic) bond motifs is 1. The summed E-state index contributed by atoms with van der Waals surface area (Å²) in [5.74, 6) is 0.700. The maximum Gasteiger partial charge on any atom is 0.264 e. The van der Waals surface area contributed by atoms with E-state index < -0.39 is 10.0 Å². The Balaban J connectivity index is 1.63. The van der Waals surface area contributed by atoms with Gasteiger partial charge in [-0.1, -0.05) is 24.3 Å². The molecule has 1 amide bonds. The number of carbonyl (C=O) groups is 1. The van der Waals surface area contributed by atoms with Gasteiger partial charge in [0, 0.05) is 18.2 Å². The largest absolute Gasteiger partial charge is 0.497 e. The topological polar surface area (TPSA) is 84.9 Å². The first kappa shape index (κ1) is 20.7. The monoisotopic (exact) mass is 438 g/mol. The zero-order valence-corrected chi connectivity index (χ0v) is 18.0. The first-order chi connectivity index (χ1) is 14.9. The molecule has 0 saturated heterocycles. The maximum atomic E-state index is 13.1. The summed E-state index contributed by atoms with van der Waals surface area (Å²) in [6.45, 7) is 0.337. The summed E-state index contributed by atoms with van der Waals surface area (Å²) in [4.78, 5) is 13.1. The molecule has 3 aromatic rings. The van der Waals surface area contributed by atoms with E-state index in [4.69, 9.17) is 9.47 Å². The van der Waals surface area contributed by atoms with Crippen LogP contribution in [-0.4, -0.2) is 35.1 Å². The number of nitrogens with zero attached hydrogens (tertiary/aromatic N) is 1. The molecule has 1 N–H and O–H groups in total. The molecule has 1 heterocycles. The number of carbonyl (C=O) groups excluding carboxylic acids is 1. The highest BCUT2D eigenvalue weighted by molar-refractivity contribution is 7.92. The summed E-state index contributed by atoms with van der Waals surface area (Å²) in [6.07, 6.45) is 0.593. The normalized spacial score (nSPS) is 12.9. The number of sulfonamides is 1. The fourth-order valence-corrected chi connectivity index (χ4v) is 5.07. The van der Waals surface area contributed by atoms with Crippen molar-refractivity contribution >= 4 is 27.3 Å². The van der Waals surface area contributed by atoms with E-state index in [0.717, 1.165) is 5.56 Å². The molecule has 0 radical (unpaired) electrons. The fraction of sp³-hybridized carbons (Fsp3) is 0.174. The number of nitrogens with one attached hydrogen (secondary N) is 1. The Morgan fingerprint density at radius 2 is 1.74 bits per heavy atom. The molecule has 8 heteroatoms. The molecule has 1 aliphatic rings. The number of hydrogen-bond acceptors (Lipinski definition) is 5. The molecule has 7 nitrogen and oxygen atoms in total. The molecule has 0 spiro atoms. The Morgan fingerprint density at radius 1 is 0.968 bits per heavy atom. The first-order valence-corrected chi connectivity index (χ1v) is 11.1. The second-order valence-electron chi connectivity index (χ2n) is 7.00. The van der Waals surface area contributed by atoms with E-state index in [-0.39, 0.29) is 10.8 Å². The number of ether oxygens (including phenoxy) is 2. The van der Waals surface area contributed by atoms with Crippen molar-refractivity contribution in [1.82, 2.24) is 0 Å². The summed E-state index contributed by atoms with van der Waals surface area (Å²) in [5.41, 5.74) is 2.26. The predicted molar refractivity (Wildman–Crippen MR) is 119 cm³/mol. The molecule has 0 fully saturated rings. The quantitative estimate of drug-likeness (QED) is 0.634. The highest BCUT2D eigenvalue weighted by Gasteiger charge is 2.31. The van der Waals surface area contributed by atoms with Gasteiger partial charge in [0.1, 0.15) is 11.5 Å². The highest BCUT2D eigenvalue weighted by Crippen LogP contribution is 2.34. The van der Waals surface area contributed by atoms with Gasteiger partial charge in [0.25, 0.3) is 15.9 Å². The van der Waals surface area contributed by atoms with Gasteiger partial charge in [-0.25, -0.2) is 8.42 Å². The molecular weight excluding hydrogens is 416 g/mol. The Kier molecular flexibility index (Phi) is 5.56. The lowest BCUT2D eigenvalue weighted by Crippen LogP contribution is -2.29. The van der Waals surface area contributed by atoms with Gasteiger partial charge in [-0.3, -0.25) is 9.10 Å². The molecule has 0 unspecified atom stereocenters. The van der Waals surface area contributed by atoms with Crippen molar-refractivity contribution in [3.63, 3.8) is 0 Å². The van der Waals surface area contributed by atoms with Crippen LogP contribution in [0.1, 0.15) is 15.9 Å². The van der Waals surface area contributed by atoms with Crippen LogP contribution in [0, 0.1) is 0 Å². The number of benzene rings is 3. The van der Waals surface area contributed by atoms with Crippen LogP contribution in [0.15, 0.2) is 71.6 Å². The average molecular weight is 439 g/mol. The minimum atomic E-state index is -3.70. The van der Waals surface area contributed by atoms with E-state index in [1.807, 2.05) is 0 Å². The van der Waals surface area contributed by atoms with E-state index in [2.05, 4.69) is 5.32 Å². The number of methoxy groups -OCH3 is 2. The van der Waals surface area contributed by atoms with E-state index >= 15 is 0 Å². The molecule has 0 bridgehead atoms. The van der Waals surface area contributed by atoms with Gasteiger partial charge in [-0.05, 0) is 48.4 Å². The molecule has 0 atom stereocenters. The Bertz CT molecular complexity index is 1230. The standard InChI is InChI=1S/C23H22N2O5S/c1-29-18-10-11-20(22(15-18)30-2)24-23(26)17-9-8-16-12-13-25(21(16)14-17)31(27,28)19-6-4-3-5-7-19/h3-11,14-15H,12-13H2,1-2H3,(H,24,26). The van der Waals surface area contributed by atoms with E-state index in [1.54, 1.807) is 73.8 Å². The second-order valence-corrected chi connectivity index (χ2v) is 8.87. The maximum absolute atomic E-state index is 13.1. The van der Waals surface area contributed by atoms with Gasteiger partial charge >= 0.3 is 0 Å². The minimum absolute atomic E-state index is 0.223. The van der Waals surface area contributed by atoms with Gasteiger partial charge < -0.3 is 14.8 Å². The summed E-state index contributed by atoms with van der Waals surface area (Å²) < 4.78 is 38.1. The number of rotatable bonds is 6. The smallest absolute Gasteiger partial charge is 0.264 e. The van der Waals surface area contributed by atoms with Crippen LogP contribution in [0.5, 0.6) is 11.5 Å². The molecule has 160 valence electrons. The Hall–Kier alpha value is -3.52. The minimum Gasteiger partial charge on any atom is -0.497 e. The van der Waals surface area contributed by atoms with Gasteiger partial charge in [-0.15, -0.1) is 0 Å². The zero-order chi connectivity index (χ0) is 22.0. The van der Waals surface area contributed by atoms with Crippen molar-refractivity contribution in [1.29, 1.82) is 0 Å². The fourth-order valence-electron chi connectivity index (χ4n) is 3.56. The lowest BCUT2D eigenvalue weighted by Gasteiger charge is -2.20. The predicted octanol–water partition coefficient (Wildman–Crippen LogP) is 3.71. The van der Waals surface area contributed by atoms with Gasteiger partial charge in [0.05, 0.1) is 30.5 Å². The Morgan fingerprint density at radius 3 is 2.45 bits per heavy atom. The van der Waals surface area contributed by atoms with Crippen LogP contribution in [0.3, 0.4) is 0 Å². The van der Waals surface area contributed by atoms with Crippen molar-refractivity contribution in [3.8, 4) is 11.5 Å². The highest BCUT2D eigenvalue weighted by atomic mass is 32.2. The summed E-state index contributed by atoms with van der Waals surface area (Å²) >= 11 is 0. The number of hydrogen-bond donors (Lipinski definition) is 1. The zero-order valence-electron chi connectivity index (χ0n) is 17.2. The molecule has 1 aliphatic heterocycles. The van der Waals surface area contributed by atoms with Crippen molar-refractivity contribution in [2.45, 2.75) is 11.3 Å². The molecule has 3 aromatic carbocycles. The first-order valence-electron chi connectivity index (χ1n) is 9.68. The van der Waals surface area contributed by atoms with E-state index in [1.165, 1.54) is 11.4 Å². The molecule has 4 rings (SSSR count). The summed E-state index contributed by atoms with van der Waals surface area (Å²) in [7, 11) is -0.650. The van der Waals surface area contributed by atoms with Gasteiger partial charge in [0.15, 0.2) is 0 Å². The molecule has 0 saturated carbocycles. The molecule has 0 aliphatic carbocycles. The van der Waals surface area contributed by atoms with Crippen LogP contribution in [-0.2, 0) is 16.4 Å². The van der Waals surface area contributed by atoms with Crippen LogP contribution < -0.4 is 19.1 Å². The van der Waals surface area contributed by atoms with Gasteiger partial charge in [-0.2, -0.15) is 0 Å². The van der Waals surface area contributed by atoms with Crippen LogP contribution in [0.4, 0.5) is 11.4 Å². The van der Waals surface area contributed by atoms with Crippen molar-refractivity contribution < 1.29 is 22.7 Å². The van der Waals surface area contributed by atoms with Crippen LogP contribution in [0.25, 0.3) is 0 Å². The lowest BCUT2D eigenvalue weighted by atomic mass is 10.1. The Labute approximate surface area is 181 Å². The average Bonchev–Trinajstić information content (AvgIpc) is 3.24. The van der Waals surface area contributed by atoms with Crippen molar-refractivity contribution in [2.75, 3.05) is 30.4 Å². The molecule has 31 heavy (non-hydrogen) atoms. The van der Waals surface area contributed by atoms with Crippen molar-refractivity contribution in [2.24, 2.45) is 0 Å². The molecular formula is C23H22N2O5S. The SMILES string of the molecule is COc1ccc(NC(=O)c2ccc3c(c2)N(S(=O)(=O)c2ccccc2)CC3)c(OC)c1. The second kappa shape index (κ2) is 8.31. The third-order valence-electron chi connectivity index (χ3n) is 5.19. The lowest BCUT2D eigenvalue weighted by molar-refractivity contribution is 0.102. The van der Waals surface area contributed by atoms with Crippen LogP contribution in [0.2, 0.25) is 0 Å². The van der Waals surface area contributed by atoms with Gasteiger partial charge in [0.2, 0.25) is 0 Å². The van der Waals surface area contributed by atoms with E-state index in [0.29, 0.717) is 41.4 Å². The third kappa shape index (κ3) is 3.94. The third-order valence-corrected chi connectivity index (χ3v) is 7.02. The van der Waals surface area contributed by atoms with Crippen molar-refractivity contribution in [3.05, 3.63) is 77.9 Å². The summed E-state index contributed by atoms with van der Waals surface area (Å²) in [6, 6.07) is 18.5. The summed E-state index contributed by atoms with van der Waals surface area (Å²) in [5, 5.41) is 2.82. The van der Waals surface area contributed by atoms with E-state index in [9.17, 15) is 13.2 Å². The van der Waals surface area contributed by atoms with Crippen LogP contribution >= 0.6 is 0 Å². The molecule has 0 aromatic heterocycles.